The highest BCUT2D eigenvalue weighted by atomic mass is 16.5. The maximum absolute atomic E-state index is 12.1. The van der Waals surface area contributed by atoms with Crippen LogP contribution in [-0.2, 0) is 9.53 Å². The lowest BCUT2D eigenvalue weighted by atomic mass is 10.2. The van der Waals surface area contributed by atoms with Crippen LogP contribution in [0.1, 0.15) is 36.0 Å². The van der Waals surface area contributed by atoms with Crippen LogP contribution in [0.2, 0.25) is 0 Å². The van der Waals surface area contributed by atoms with Gasteiger partial charge >= 0.3 is 5.97 Å². The molecule has 1 N–H and O–H groups in total. The van der Waals surface area contributed by atoms with Crippen molar-refractivity contribution in [3.8, 4) is 11.5 Å². The number of nitrogens with one attached hydrogen (secondary N) is 1. The Balaban J connectivity index is 1.53. The van der Waals surface area contributed by atoms with Crippen molar-refractivity contribution in [3.63, 3.8) is 0 Å². The number of amides is 1. The summed E-state index contributed by atoms with van der Waals surface area (Å²) < 4.78 is 10.8. The topological polar surface area (TPSA) is 64.6 Å². The third kappa shape index (κ3) is 5.08. The zero-order valence-electron chi connectivity index (χ0n) is 13.9. The van der Waals surface area contributed by atoms with Crippen molar-refractivity contribution in [1.29, 1.82) is 0 Å². The molecule has 5 heteroatoms. The van der Waals surface area contributed by atoms with E-state index < -0.39 is 5.97 Å². The third-order valence-electron chi connectivity index (χ3n) is 4.10. The average Bonchev–Trinajstić information content (AvgIpc) is 3.14. The molecule has 2 aromatic carbocycles. The first-order chi connectivity index (χ1) is 12.2. The summed E-state index contributed by atoms with van der Waals surface area (Å²) in [4.78, 5) is 24.0. The van der Waals surface area contributed by atoms with Crippen molar-refractivity contribution >= 4 is 11.9 Å². The number of hydrogen-bond acceptors (Lipinski definition) is 4. The lowest BCUT2D eigenvalue weighted by molar-refractivity contribution is -0.124. The van der Waals surface area contributed by atoms with E-state index in [4.69, 9.17) is 9.47 Å². The van der Waals surface area contributed by atoms with E-state index in [1.54, 1.807) is 24.3 Å². The summed E-state index contributed by atoms with van der Waals surface area (Å²) in [5.41, 5.74) is 0.349. The lowest BCUT2D eigenvalue weighted by Gasteiger charge is -2.12. The molecule has 0 saturated heterocycles. The normalized spacial score (nSPS) is 14.1. The molecule has 0 aliphatic heterocycles. The molecule has 1 amide bonds. The Morgan fingerprint density at radius 3 is 2.44 bits per heavy atom. The third-order valence-corrected chi connectivity index (χ3v) is 4.10. The van der Waals surface area contributed by atoms with E-state index in [0.29, 0.717) is 17.1 Å². The molecule has 0 radical (unpaired) electrons. The number of rotatable bonds is 6. The van der Waals surface area contributed by atoms with Crippen LogP contribution in [0.3, 0.4) is 0 Å². The maximum atomic E-state index is 12.1. The molecule has 0 heterocycles. The molecule has 1 fully saturated rings. The Morgan fingerprint density at radius 1 is 0.960 bits per heavy atom. The van der Waals surface area contributed by atoms with Gasteiger partial charge in [0.05, 0.1) is 5.56 Å². The van der Waals surface area contributed by atoms with Gasteiger partial charge in [0.2, 0.25) is 0 Å². The molecule has 3 rings (SSSR count). The number of carbonyl (C=O) groups excluding carboxylic acids is 2. The fourth-order valence-electron chi connectivity index (χ4n) is 2.87. The Labute approximate surface area is 147 Å². The highest BCUT2D eigenvalue weighted by molar-refractivity contribution is 5.91. The van der Waals surface area contributed by atoms with Crippen molar-refractivity contribution in [1.82, 2.24) is 5.32 Å². The average molecular weight is 339 g/mol. The van der Waals surface area contributed by atoms with Crippen LogP contribution in [0.15, 0.2) is 54.6 Å². The van der Waals surface area contributed by atoms with Gasteiger partial charge in [-0.15, -0.1) is 0 Å². The van der Waals surface area contributed by atoms with E-state index in [1.165, 1.54) is 0 Å². The van der Waals surface area contributed by atoms with Crippen molar-refractivity contribution in [2.45, 2.75) is 31.7 Å². The summed E-state index contributed by atoms with van der Waals surface area (Å²) >= 11 is 0. The fraction of sp³-hybridized carbons (Fsp3) is 0.300. The molecule has 0 atom stereocenters. The molecule has 5 nitrogen and oxygen atoms in total. The number of hydrogen-bond donors (Lipinski definition) is 1. The fourth-order valence-corrected chi connectivity index (χ4v) is 2.87. The van der Waals surface area contributed by atoms with Crippen molar-refractivity contribution in [2.24, 2.45) is 0 Å². The van der Waals surface area contributed by atoms with E-state index in [9.17, 15) is 9.59 Å². The van der Waals surface area contributed by atoms with Gasteiger partial charge in [0.1, 0.15) is 11.5 Å². The first-order valence-electron chi connectivity index (χ1n) is 8.50. The number of benzene rings is 2. The van der Waals surface area contributed by atoms with Gasteiger partial charge in [-0.2, -0.15) is 0 Å². The second-order valence-electron chi connectivity index (χ2n) is 6.07. The summed E-state index contributed by atoms with van der Waals surface area (Å²) in [6.07, 6.45) is 4.27. The maximum Gasteiger partial charge on any atom is 0.338 e. The molecule has 0 unspecified atom stereocenters. The van der Waals surface area contributed by atoms with Crippen LogP contribution in [0.5, 0.6) is 11.5 Å². The number of esters is 1. The van der Waals surface area contributed by atoms with Crippen LogP contribution in [0, 0.1) is 0 Å². The predicted molar refractivity (Wildman–Crippen MR) is 93.6 cm³/mol. The SMILES string of the molecule is O=C(COC(=O)c1cccc(Oc2ccccc2)c1)NC1CCCC1. The van der Waals surface area contributed by atoms with Gasteiger partial charge in [0.25, 0.3) is 5.91 Å². The van der Waals surface area contributed by atoms with Crippen LogP contribution in [0.4, 0.5) is 0 Å². The second kappa shape index (κ2) is 8.33. The van der Waals surface area contributed by atoms with Gasteiger partial charge in [-0.05, 0) is 43.2 Å². The van der Waals surface area contributed by atoms with Crippen LogP contribution in [-0.4, -0.2) is 24.5 Å². The molecule has 1 saturated carbocycles. The van der Waals surface area contributed by atoms with Crippen molar-refractivity contribution < 1.29 is 19.1 Å². The monoisotopic (exact) mass is 339 g/mol. The number of ether oxygens (including phenoxy) is 2. The minimum Gasteiger partial charge on any atom is -0.457 e. The van der Waals surface area contributed by atoms with Gasteiger partial charge < -0.3 is 14.8 Å². The summed E-state index contributed by atoms with van der Waals surface area (Å²) in [5.74, 6) is 0.428. The Morgan fingerprint density at radius 2 is 1.68 bits per heavy atom. The van der Waals surface area contributed by atoms with Crippen molar-refractivity contribution in [3.05, 3.63) is 60.2 Å². The summed E-state index contributed by atoms with van der Waals surface area (Å²) in [5, 5.41) is 2.89. The summed E-state index contributed by atoms with van der Waals surface area (Å²) in [6, 6.07) is 16.2. The molecular formula is C20H21NO4. The van der Waals surface area contributed by atoms with Crippen LogP contribution in [0.25, 0.3) is 0 Å². The molecule has 1 aliphatic carbocycles. The van der Waals surface area contributed by atoms with Crippen LogP contribution < -0.4 is 10.1 Å². The first kappa shape index (κ1) is 17.0. The lowest BCUT2D eigenvalue weighted by Crippen LogP contribution is -2.35. The van der Waals surface area contributed by atoms with Gasteiger partial charge in [-0.25, -0.2) is 4.79 Å². The van der Waals surface area contributed by atoms with E-state index in [0.717, 1.165) is 25.7 Å². The number of para-hydroxylation sites is 1. The standard InChI is InChI=1S/C20H21NO4/c22-19(21-16-8-4-5-9-16)14-24-20(23)15-7-6-12-18(13-15)25-17-10-2-1-3-11-17/h1-3,6-7,10-13,16H,4-5,8-9,14H2,(H,21,22). The van der Waals surface area contributed by atoms with Gasteiger partial charge in [-0.1, -0.05) is 37.1 Å². The smallest absolute Gasteiger partial charge is 0.338 e. The van der Waals surface area contributed by atoms with Crippen molar-refractivity contribution in [2.75, 3.05) is 6.61 Å². The largest absolute Gasteiger partial charge is 0.457 e. The minimum absolute atomic E-state index is 0.216. The molecule has 25 heavy (non-hydrogen) atoms. The Bertz CT molecular complexity index is 723. The quantitative estimate of drug-likeness (QED) is 0.815. The van der Waals surface area contributed by atoms with E-state index >= 15 is 0 Å². The van der Waals surface area contributed by atoms with E-state index in [-0.39, 0.29) is 18.6 Å². The Hall–Kier alpha value is -2.82. The molecular weight excluding hydrogens is 318 g/mol. The second-order valence-corrected chi connectivity index (χ2v) is 6.07. The highest BCUT2D eigenvalue weighted by Gasteiger charge is 2.18. The van der Waals surface area contributed by atoms with E-state index in [2.05, 4.69) is 5.32 Å². The summed E-state index contributed by atoms with van der Waals surface area (Å²) in [7, 11) is 0. The van der Waals surface area contributed by atoms with Crippen LogP contribution >= 0.6 is 0 Å². The predicted octanol–water partition coefficient (Wildman–Crippen LogP) is 3.69. The molecule has 0 aromatic heterocycles. The zero-order valence-corrected chi connectivity index (χ0v) is 13.9. The minimum atomic E-state index is -0.542. The first-order valence-corrected chi connectivity index (χ1v) is 8.50. The summed E-state index contributed by atoms with van der Waals surface area (Å²) in [6.45, 7) is -0.265. The molecule has 130 valence electrons. The van der Waals surface area contributed by atoms with Gasteiger partial charge in [-0.3, -0.25) is 4.79 Å². The van der Waals surface area contributed by atoms with Gasteiger partial charge in [0.15, 0.2) is 6.61 Å². The number of carbonyl (C=O) groups is 2. The molecule has 0 spiro atoms. The highest BCUT2D eigenvalue weighted by Crippen LogP contribution is 2.22. The molecule has 0 bridgehead atoms. The molecule has 1 aliphatic rings. The Kier molecular flexibility index (Phi) is 5.67. The van der Waals surface area contributed by atoms with Gasteiger partial charge in [0, 0.05) is 6.04 Å². The molecule has 2 aromatic rings. The zero-order chi connectivity index (χ0) is 17.5. The van der Waals surface area contributed by atoms with E-state index in [1.807, 2.05) is 30.3 Å².